The minimum atomic E-state index is -0.115. The van der Waals surface area contributed by atoms with Crippen LogP contribution in [0.25, 0.3) is 0 Å². The topological polar surface area (TPSA) is 64.4 Å². The van der Waals surface area contributed by atoms with Crippen molar-refractivity contribution >= 4 is 24.0 Å². The van der Waals surface area contributed by atoms with Gasteiger partial charge in [0.1, 0.15) is 5.75 Å². The van der Waals surface area contributed by atoms with E-state index in [1.807, 2.05) is 25.1 Å². The minimum absolute atomic E-state index is 0. The Morgan fingerprint density at radius 2 is 2.33 bits per heavy atom. The zero-order valence-corrected chi connectivity index (χ0v) is 11.3. The number of anilines is 1. The summed E-state index contributed by atoms with van der Waals surface area (Å²) >= 11 is 0. The summed E-state index contributed by atoms with van der Waals surface area (Å²) in [5.41, 5.74) is 7.56. The molecule has 4 nitrogen and oxygen atoms in total. The van der Waals surface area contributed by atoms with E-state index in [9.17, 15) is 4.79 Å². The van der Waals surface area contributed by atoms with Crippen molar-refractivity contribution in [2.24, 2.45) is 5.73 Å². The third-order valence-corrected chi connectivity index (χ3v) is 2.70. The van der Waals surface area contributed by atoms with Crippen LogP contribution in [0.4, 0.5) is 5.69 Å². The number of nitrogens with two attached hydrogens (primary N) is 1. The molecule has 0 fully saturated rings. The molecule has 3 N–H and O–H groups in total. The summed E-state index contributed by atoms with van der Waals surface area (Å²) in [6.45, 7) is 2.60. The molecule has 0 bridgehead atoms. The second-order valence-corrected chi connectivity index (χ2v) is 4.50. The molecule has 1 amide bonds. The highest BCUT2D eigenvalue weighted by atomic mass is 35.5. The third-order valence-electron chi connectivity index (χ3n) is 2.70. The molecule has 0 spiro atoms. The van der Waals surface area contributed by atoms with Crippen LogP contribution in [0.5, 0.6) is 5.75 Å². The predicted molar refractivity (Wildman–Crippen MR) is 74.4 cm³/mol. The van der Waals surface area contributed by atoms with E-state index in [0.717, 1.165) is 36.4 Å². The van der Waals surface area contributed by atoms with Crippen LogP contribution in [-0.4, -0.2) is 18.6 Å². The number of hydrogen-bond acceptors (Lipinski definition) is 3. The van der Waals surface area contributed by atoms with Gasteiger partial charge in [0.15, 0.2) is 0 Å². The fourth-order valence-electron chi connectivity index (χ4n) is 1.94. The molecule has 1 aromatic rings. The van der Waals surface area contributed by atoms with E-state index in [2.05, 4.69) is 5.32 Å². The maximum atomic E-state index is 11.6. The van der Waals surface area contributed by atoms with Crippen LogP contribution in [0.2, 0.25) is 0 Å². The van der Waals surface area contributed by atoms with Gasteiger partial charge in [-0.1, -0.05) is 0 Å². The van der Waals surface area contributed by atoms with Gasteiger partial charge in [0.2, 0.25) is 5.91 Å². The van der Waals surface area contributed by atoms with E-state index in [1.165, 1.54) is 0 Å². The molecule has 0 radical (unpaired) electrons. The summed E-state index contributed by atoms with van der Waals surface area (Å²) in [6.07, 6.45) is 2.38. The van der Waals surface area contributed by atoms with Gasteiger partial charge in [-0.15, -0.1) is 12.4 Å². The van der Waals surface area contributed by atoms with Gasteiger partial charge in [-0.2, -0.15) is 0 Å². The van der Waals surface area contributed by atoms with Crippen LogP contribution < -0.4 is 15.8 Å². The van der Waals surface area contributed by atoms with E-state index in [-0.39, 0.29) is 24.4 Å². The number of halogens is 1. The molecule has 0 saturated heterocycles. The lowest BCUT2D eigenvalue weighted by molar-refractivity contribution is -0.116. The lowest BCUT2D eigenvalue weighted by atomic mass is 10.1. The summed E-state index contributed by atoms with van der Waals surface area (Å²) in [5.74, 6) is 0.887. The van der Waals surface area contributed by atoms with Gasteiger partial charge in [-0.3, -0.25) is 4.79 Å². The zero-order chi connectivity index (χ0) is 12.3. The fraction of sp³-hybridized carbons (Fsp3) is 0.462. The Balaban J connectivity index is 0.00000162. The average Bonchev–Trinajstić information content (AvgIpc) is 2.27. The molecule has 2 rings (SSSR count). The largest absolute Gasteiger partial charge is 0.493 e. The van der Waals surface area contributed by atoms with Crippen LogP contribution in [-0.2, 0) is 11.2 Å². The molecule has 0 aromatic heterocycles. The van der Waals surface area contributed by atoms with E-state index < -0.39 is 0 Å². The number of ether oxygens (including phenoxy) is 1. The Morgan fingerprint density at radius 3 is 3.06 bits per heavy atom. The Kier molecular flexibility index (Phi) is 5.44. The van der Waals surface area contributed by atoms with Crippen LogP contribution in [0.15, 0.2) is 18.2 Å². The number of rotatable bonds is 3. The summed E-state index contributed by atoms with van der Waals surface area (Å²) in [7, 11) is 0. The maximum absolute atomic E-state index is 11.6. The molecule has 1 aromatic carbocycles. The van der Waals surface area contributed by atoms with Crippen molar-refractivity contribution in [2.45, 2.75) is 32.2 Å². The van der Waals surface area contributed by atoms with E-state index in [1.54, 1.807) is 0 Å². The molecule has 1 aliphatic heterocycles. The Morgan fingerprint density at radius 1 is 1.56 bits per heavy atom. The van der Waals surface area contributed by atoms with Gasteiger partial charge in [-0.05, 0) is 43.5 Å². The second kappa shape index (κ2) is 6.61. The standard InChI is InChI=1S/C13H18N2O2.ClH/c1-9(14)7-13(16)15-11-4-5-12-10(8-11)3-2-6-17-12;/h4-5,8-9H,2-3,6-7,14H2,1H3,(H,15,16);1H. The molecule has 5 heteroatoms. The van der Waals surface area contributed by atoms with Crippen LogP contribution in [0, 0.1) is 0 Å². The molecule has 1 unspecified atom stereocenters. The van der Waals surface area contributed by atoms with E-state index >= 15 is 0 Å². The summed E-state index contributed by atoms with van der Waals surface area (Å²) < 4.78 is 5.52. The van der Waals surface area contributed by atoms with Crippen LogP contribution in [0.1, 0.15) is 25.3 Å². The predicted octanol–water partition coefficient (Wildman–Crippen LogP) is 2.11. The zero-order valence-electron chi connectivity index (χ0n) is 10.4. The Bertz CT molecular complexity index is 421. The first-order valence-electron chi connectivity index (χ1n) is 5.96. The van der Waals surface area contributed by atoms with Crippen molar-refractivity contribution in [3.63, 3.8) is 0 Å². The number of carbonyl (C=O) groups excluding carboxylic acids is 1. The summed E-state index contributed by atoms with van der Waals surface area (Å²) in [4.78, 5) is 11.6. The molecule has 18 heavy (non-hydrogen) atoms. The number of carbonyl (C=O) groups is 1. The number of amides is 1. The maximum Gasteiger partial charge on any atom is 0.225 e. The number of hydrogen-bond donors (Lipinski definition) is 2. The highest BCUT2D eigenvalue weighted by Gasteiger charge is 2.12. The first-order valence-corrected chi connectivity index (χ1v) is 5.96. The third kappa shape index (κ3) is 3.89. The molecule has 0 aliphatic carbocycles. The smallest absolute Gasteiger partial charge is 0.225 e. The first kappa shape index (κ1) is 14.8. The highest BCUT2D eigenvalue weighted by Crippen LogP contribution is 2.27. The van der Waals surface area contributed by atoms with Gasteiger partial charge in [0.25, 0.3) is 0 Å². The van der Waals surface area contributed by atoms with Crippen molar-refractivity contribution in [2.75, 3.05) is 11.9 Å². The molecule has 0 saturated carbocycles. The Hall–Kier alpha value is -1.26. The van der Waals surface area contributed by atoms with Crippen molar-refractivity contribution in [1.82, 2.24) is 0 Å². The minimum Gasteiger partial charge on any atom is -0.493 e. The first-order chi connectivity index (χ1) is 8.15. The van der Waals surface area contributed by atoms with Gasteiger partial charge >= 0.3 is 0 Å². The summed E-state index contributed by atoms with van der Waals surface area (Å²) in [5, 5.41) is 2.85. The fourth-order valence-corrected chi connectivity index (χ4v) is 1.94. The molecule has 1 heterocycles. The Labute approximate surface area is 113 Å². The van der Waals surface area contributed by atoms with Crippen molar-refractivity contribution in [1.29, 1.82) is 0 Å². The lowest BCUT2D eigenvalue weighted by Gasteiger charge is -2.18. The van der Waals surface area contributed by atoms with Crippen molar-refractivity contribution in [3.8, 4) is 5.75 Å². The second-order valence-electron chi connectivity index (χ2n) is 4.50. The van der Waals surface area contributed by atoms with Crippen LogP contribution in [0.3, 0.4) is 0 Å². The summed E-state index contributed by atoms with van der Waals surface area (Å²) in [6, 6.07) is 5.64. The number of benzene rings is 1. The lowest BCUT2D eigenvalue weighted by Crippen LogP contribution is -2.24. The number of nitrogens with one attached hydrogen (secondary N) is 1. The number of fused-ring (bicyclic) bond motifs is 1. The van der Waals surface area contributed by atoms with Crippen LogP contribution >= 0.6 is 12.4 Å². The molecule has 100 valence electrons. The van der Waals surface area contributed by atoms with Gasteiger partial charge in [-0.25, -0.2) is 0 Å². The van der Waals surface area contributed by atoms with E-state index in [0.29, 0.717) is 6.42 Å². The van der Waals surface area contributed by atoms with E-state index in [4.69, 9.17) is 10.5 Å². The quantitative estimate of drug-likeness (QED) is 0.884. The molecule has 1 aliphatic rings. The SMILES string of the molecule is CC(N)CC(=O)Nc1ccc2c(c1)CCCO2.Cl. The normalized spacial score (nSPS) is 14.8. The molecular formula is C13H19ClN2O2. The van der Waals surface area contributed by atoms with Crippen molar-refractivity contribution < 1.29 is 9.53 Å². The molecule has 1 atom stereocenters. The van der Waals surface area contributed by atoms with Gasteiger partial charge in [0, 0.05) is 18.2 Å². The van der Waals surface area contributed by atoms with Gasteiger partial charge < -0.3 is 15.8 Å². The monoisotopic (exact) mass is 270 g/mol. The van der Waals surface area contributed by atoms with Crippen molar-refractivity contribution in [3.05, 3.63) is 23.8 Å². The highest BCUT2D eigenvalue weighted by molar-refractivity contribution is 5.91. The molecular weight excluding hydrogens is 252 g/mol. The average molecular weight is 271 g/mol. The van der Waals surface area contributed by atoms with Gasteiger partial charge in [0.05, 0.1) is 6.61 Å². The number of aryl methyl sites for hydroxylation is 1.